The molecule has 1 aromatic heterocycles. The fraction of sp³-hybridized carbons (Fsp3) is 0.100. The highest BCUT2D eigenvalue weighted by Crippen LogP contribution is 2.33. The molecule has 0 spiro atoms. The molecule has 0 saturated heterocycles. The minimum atomic E-state index is -0.664. The Morgan fingerprint density at radius 1 is 1.17 bits per heavy atom. The van der Waals surface area contributed by atoms with Gasteiger partial charge < -0.3 is 9.84 Å². The Morgan fingerprint density at radius 3 is 2.59 bits per heavy atom. The van der Waals surface area contributed by atoms with Gasteiger partial charge in [0.1, 0.15) is 22.8 Å². The number of Topliss-reactive ketones (excluding diaryl/α,β-unsaturated/α-hetero) is 1. The maximum absolute atomic E-state index is 14.2. The average Bonchev–Trinajstić information content (AvgIpc) is 3.08. The summed E-state index contributed by atoms with van der Waals surface area (Å²) in [5, 5.41) is 8.91. The van der Waals surface area contributed by atoms with Gasteiger partial charge in [-0.2, -0.15) is 0 Å². The van der Waals surface area contributed by atoms with Crippen molar-refractivity contribution in [2.75, 3.05) is 6.54 Å². The number of carbonyl (C=O) groups is 2. The Morgan fingerprint density at radius 2 is 1.90 bits per heavy atom. The zero-order valence-corrected chi connectivity index (χ0v) is 16.7. The number of nitrogens with zero attached hydrogens (tertiary/aromatic N) is 1. The van der Waals surface area contributed by atoms with E-state index < -0.39 is 11.7 Å². The lowest BCUT2D eigenvalue weighted by Gasteiger charge is -2.10. The molecule has 0 atom stereocenters. The summed E-state index contributed by atoms with van der Waals surface area (Å²) in [4.78, 5) is 24.8. The molecule has 29 heavy (non-hydrogen) atoms. The number of halogens is 2. The fourth-order valence-corrected chi connectivity index (χ4v) is 3.05. The van der Waals surface area contributed by atoms with Crippen LogP contribution in [0.1, 0.15) is 26.5 Å². The van der Waals surface area contributed by atoms with Crippen LogP contribution < -0.4 is 10.6 Å². The van der Waals surface area contributed by atoms with Gasteiger partial charge in [0.05, 0.1) is 17.1 Å². The number of aromatic nitrogens is 1. The van der Waals surface area contributed by atoms with Gasteiger partial charge in [-0.1, -0.05) is 53.2 Å². The second kappa shape index (κ2) is 8.93. The summed E-state index contributed by atoms with van der Waals surface area (Å²) in [6.07, 6.45) is 0. The van der Waals surface area contributed by atoms with E-state index in [0.717, 1.165) is 0 Å². The van der Waals surface area contributed by atoms with Crippen molar-refractivity contribution in [3.05, 3.63) is 76.3 Å². The molecule has 0 aliphatic heterocycles. The third-order valence-corrected chi connectivity index (χ3v) is 4.58. The molecular weight excluding hydrogens is 417 g/mol. The van der Waals surface area contributed by atoms with E-state index >= 15 is 0 Å². The van der Waals surface area contributed by atoms with E-state index in [1.165, 1.54) is 25.1 Å². The Bertz CT molecular complexity index is 1070. The topological polar surface area (TPSA) is 84.2 Å². The minimum absolute atomic E-state index is 0.00413. The van der Waals surface area contributed by atoms with Crippen LogP contribution in [0.5, 0.6) is 0 Å². The van der Waals surface area contributed by atoms with Gasteiger partial charge in [0, 0.05) is 5.56 Å². The number of benzene rings is 2. The normalized spacial score (nSPS) is 10.4. The summed E-state index contributed by atoms with van der Waals surface area (Å²) >= 11 is 11.2. The number of hydrogen-bond donors (Lipinski definition) is 2. The number of aryl methyl sites for hydroxylation is 1. The van der Waals surface area contributed by atoms with Gasteiger partial charge in [0.2, 0.25) is 0 Å². The van der Waals surface area contributed by atoms with Crippen molar-refractivity contribution < 1.29 is 18.5 Å². The number of carbonyl (C=O) groups excluding carboxylic acids is 2. The lowest BCUT2D eigenvalue weighted by Crippen LogP contribution is -2.41. The maximum Gasteiger partial charge on any atom is 0.263 e. The third-order valence-electron chi connectivity index (χ3n) is 4.02. The van der Waals surface area contributed by atoms with Crippen molar-refractivity contribution in [3.8, 4) is 11.3 Å². The van der Waals surface area contributed by atoms with E-state index in [-0.39, 0.29) is 45.0 Å². The standard InChI is InChI=1S/C20H15ClFN3O3S/c1-11-16(18(25-28-11)17-13(21)8-5-9-14(17)22)19(27)24-20(29)23-10-15(26)12-6-3-2-4-7-12/h2-9H,10H2,1H3,(H2,23,24,27,29). The third kappa shape index (κ3) is 4.67. The smallest absolute Gasteiger partial charge is 0.263 e. The molecule has 0 aliphatic rings. The maximum atomic E-state index is 14.2. The summed E-state index contributed by atoms with van der Waals surface area (Å²) < 4.78 is 19.3. The second-order valence-corrected chi connectivity index (χ2v) is 6.80. The zero-order valence-electron chi connectivity index (χ0n) is 15.2. The molecule has 2 aromatic carbocycles. The molecule has 1 heterocycles. The highest BCUT2D eigenvalue weighted by molar-refractivity contribution is 7.80. The molecule has 0 bridgehead atoms. The van der Waals surface area contributed by atoms with Gasteiger partial charge in [-0.25, -0.2) is 4.39 Å². The summed E-state index contributed by atoms with van der Waals surface area (Å²) in [6, 6.07) is 12.8. The number of rotatable bonds is 5. The van der Waals surface area contributed by atoms with E-state index in [4.69, 9.17) is 28.3 Å². The van der Waals surface area contributed by atoms with Crippen LogP contribution in [-0.2, 0) is 0 Å². The van der Waals surface area contributed by atoms with Gasteiger partial charge in [0.15, 0.2) is 10.9 Å². The first-order valence-electron chi connectivity index (χ1n) is 8.46. The monoisotopic (exact) mass is 431 g/mol. The number of hydrogen-bond acceptors (Lipinski definition) is 5. The molecule has 148 valence electrons. The van der Waals surface area contributed by atoms with Crippen LogP contribution in [0.15, 0.2) is 53.1 Å². The number of amides is 1. The van der Waals surface area contributed by atoms with Crippen LogP contribution in [-0.4, -0.2) is 28.5 Å². The van der Waals surface area contributed by atoms with Crippen molar-refractivity contribution >= 4 is 40.6 Å². The number of ketones is 1. The Labute approximate surface area is 176 Å². The van der Waals surface area contributed by atoms with Crippen LogP contribution in [0.2, 0.25) is 5.02 Å². The Kier molecular flexibility index (Phi) is 6.36. The first kappa shape index (κ1) is 20.6. The second-order valence-electron chi connectivity index (χ2n) is 5.99. The van der Waals surface area contributed by atoms with E-state index in [0.29, 0.717) is 5.56 Å². The summed E-state index contributed by atoms with van der Waals surface area (Å²) in [6.45, 7) is 1.41. The van der Waals surface area contributed by atoms with Gasteiger partial charge in [-0.15, -0.1) is 0 Å². The first-order chi connectivity index (χ1) is 13.9. The van der Waals surface area contributed by atoms with Crippen molar-refractivity contribution in [1.29, 1.82) is 0 Å². The molecule has 0 radical (unpaired) electrons. The lowest BCUT2D eigenvalue weighted by atomic mass is 10.0. The quantitative estimate of drug-likeness (QED) is 0.470. The van der Waals surface area contributed by atoms with Crippen molar-refractivity contribution in [2.45, 2.75) is 6.92 Å². The molecule has 2 N–H and O–H groups in total. The van der Waals surface area contributed by atoms with E-state index in [9.17, 15) is 14.0 Å². The van der Waals surface area contributed by atoms with Crippen molar-refractivity contribution in [2.24, 2.45) is 0 Å². The van der Waals surface area contributed by atoms with Crippen LogP contribution in [0.4, 0.5) is 4.39 Å². The minimum Gasteiger partial charge on any atom is -0.360 e. The molecular formula is C20H15ClFN3O3S. The Balaban J connectivity index is 1.72. The van der Waals surface area contributed by atoms with E-state index in [1.807, 2.05) is 0 Å². The highest BCUT2D eigenvalue weighted by atomic mass is 35.5. The van der Waals surface area contributed by atoms with Crippen LogP contribution >= 0.6 is 23.8 Å². The molecule has 0 fully saturated rings. The molecule has 3 aromatic rings. The SMILES string of the molecule is Cc1onc(-c2c(F)cccc2Cl)c1C(=O)NC(=S)NCC(=O)c1ccccc1. The van der Waals surface area contributed by atoms with Gasteiger partial charge in [-0.05, 0) is 31.3 Å². The first-order valence-corrected chi connectivity index (χ1v) is 9.25. The Hall–Kier alpha value is -3.10. The van der Waals surface area contributed by atoms with Gasteiger partial charge in [-0.3, -0.25) is 14.9 Å². The number of nitrogens with one attached hydrogen (secondary N) is 2. The predicted octanol–water partition coefficient (Wildman–Crippen LogP) is 3.93. The van der Waals surface area contributed by atoms with Gasteiger partial charge >= 0.3 is 0 Å². The zero-order chi connectivity index (χ0) is 21.0. The summed E-state index contributed by atoms with van der Waals surface area (Å²) in [7, 11) is 0. The van der Waals surface area contributed by atoms with Crippen molar-refractivity contribution in [1.82, 2.24) is 15.8 Å². The molecule has 0 aliphatic carbocycles. The summed E-state index contributed by atoms with van der Waals surface area (Å²) in [5.74, 6) is -1.33. The van der Waals surface area contributed by atoms with Crippen LogP contribution in [0, 0.1) is 12.7 Å². The summed E-state index contributed by atoms with van der Waals surface area (Å²) in [5.41, 5.74) is 0.427. The highest BCUT2D eigenvalue weighted by Gasteiger charge is 2.26. The molecule has 0 unspecified atom stereocenters. The molecule has 9 heteroatoms. The van der Waals surface area contributed by atoms with E-state index in [1.54, 1.807) is 30.3 Å². The van der Waals surface area contributed by atoms with Crippen LogP contribution in [0.3, 0.4) is 0 Å². The molecule has 1 amide bonds. The molecule has 6 nitrogen and oxygen atoms in total. The molecule has 3 rings (SSSR count). The number of thiocarbonyl (C=S) groups is 1. The fourth-order valence-electron chi connectivity index (χ4n) is 2.63. The average molecular weight is 432 g/mol. The van der Waals surface area contributed by atoms with Crippen molar-refractivity contribution in [3.63, 3.8) is 0 Å². The van der Waals surface area contributed by atoms with Gasteiger partial charge in [0.25, 0.3) is 5.91 Å². The van der Waals surface area contributed by atoms with E-state index in [2.05, 4.69) is 15.8 Å². The largest absolute Gasteiger partial charge is 0.360 e. The lowest BCUT2D eigenvalue weighted by molar-refractivity contribution is 0.0966. The predicted molar refractivity (Wildman–Crippen MR) is 110 cm³/mol. The van der Waals surface area contributed by atoms with Crippen LogP contribution in [0.25, 0.3) is 11.3 Å². The molecule has 0 saturated carbocycles.